The van der Waals surface area contributed by atoms with Crippen LogP contribution in [0.15, 0.2) is 23.3 Å². The number of nitrogens with zero attached hydrogens (tertiary/aromatic N) is 5. The van der Waals surface area contributed by atoms with E-state index in [0.717, 1.165) is 24.2 Å². The maximum atomic E-state index is 11.2. The Morgan fingerprint density at radius 1 is 1.37 bits per heavy atom. The van der Waals surface area contributed by atoms with Gasteiger partial charge in [-0.25, -0.2) is 0 Å². The van der Waals surface area contributed by atoms with Crippen LogP contribution in [0, 0.1) is 24.0 Å². The third-order valence-electron chi connectivity index (χ3n) is 4.51. The maximum Gasteiger partial charge on any atom is 0.312 e. The summed E-state index contributed by atoms with van der Waals surface area (Å²) in [5.41, 5.74) is 2.78. The largest absolute Gasteiger partial charge is 0.496 e. The van der Waals surface area contributed by atoms with Crippen molar-refractivity contribution in [2.45, 2.75) is 20.4 Å². The molecule has 0 amide bonds. The second-order valence-electron chi connectivity index (χ2n) is 6.32. The van der Waals surface area contributed by atoms with Gasteiger partial charge in [0.05, 0.1) is 51.1 Å². The lowest BCUT2D eigenvalue weighted by atomic mass is 10.1. The summed E-state index contributed by atoms with van der Waals surface area (Å²) in [6.07, 6.45) is 1.80. The Hall–Kier alpha value is -2.94. The zero-order valence-electron chi connectivity index (χ0n) is 15.7. The maximum absolute atomic E-state index is 11.2. The van der Waals surface area contributed by atoms with E-state index in [1.165, 1.54) is 0 Å². The first-order valence-corrected chi connectivity index (χ1v) is 8.71. The highest BCUT2D eigenvalue weighted by atomic mass is 16.6. The zero-order valence-corrected chi connectivity index (χ0v) is 15.7. The van der Waals surface area contributed by atoms with Crippen molar-refractivity contribution >= 4 is 11.9 Å². The predicted molar refractivity (Wildman–Crippen MR) is 100 cm³/mol. The van der Waals surface area contributed by atoms with Crippen LogP contribution >= 0.6 is 0 Å². The minimum atomic E-state index is -0.392. The Balaban J connectivity index is 1.85. The summed E-state index contributed by atoms with van der Waals surface area (Å²) in [6.45, 7) is 6.63. The lowest BCUT2D eigenvalue weighted by Gasteiger charge is -2.23. The van der Waals surface area contributed by atoms with Crippen molar-refractivity contribution in [1.29, 1.82) is 0 Å². The minimum absolute atomic E-state index is 0.0546. The summed E-state index contributed by atoms with van der Waals surface area (Å²) in [6, 6.07) is 5.76. The third-order valence-corrected chi connectivity index (χ3v) is 4.51. The van der Waals surface area contributed by atoms with Crippen LogP contribution in [-0.2, 0) is 11.3 Å². The highest BCUT2D eigenvalue weighted by Crippen LogP contribution is 2.25. The molecule has 1 aliphatic heterocycles. The molecule has 0 bridgehead atoms. The molecule has 0 unspecified atom stereocenters. The van der Waals surface area contributed by atoms with Gasteiger partial charge in [0.2, 0.25) is 0 Å². The van der Waals surface area contributed by atoms with Crippen molar-refractivity contribution in [2.24, 2.45) is 5.10 Å². The third kappa shape index (κ3) is 4.25. The first kappa shape index (κ1) is 18.8. The van der Waals surface area contributed by atoms with Gasteiger partial charge in [-0.15, -0.1) is 0 Å². The van der Waals surface area contributed by atoms with Crippen LogP contribution in [0.3, 0.4) is 0 Å². The summed E-state index contributed by atoms with van der Waals surface area (Å²) >= 11 is 0. The van der Waals surface area contributed by atoms with E-state index in [1.807, 2.05) is 23.2 Å². The van der Waals surface area contributed by atoms with Crippen molar-refractivity contribution < 1.29 is 14.4 Å². The number of nitro groups is 1. The lowest BCUT2D eigenvalue weighted by Crippen LogP contribution is -2.32. The molecule has 1 aromatic carbocycles. The van der Waals surface area contributed by atoms with Gasteiger partial charge in [-0.3, -0.25) is 19.8 Å². The SMILES string of the molecule is COc1ccc(/C=N/N2CCOCC2)cc1Cn1nc(C)c([N+](=O)[O-])c1C. The molecule has 1 fully saturated rings. The Kier molecular flexibility index (Phi) is 5.70. The summed E-state index contributed by atoms with van der Waals surface area (Å²) < 4.78 is 12.4. The van der Waals surface area contributed by atoms with Crippen molar-refractivity contribution in [2.75, 3.05) is 33.4 Å². The monoisotopic (exact) mass is 373 g/mol. The van der Waals surface area contributed by atoms with E-state index in [4.69, 9.17) is 9.47 Å². The highest BCUT2D eigenvalue weighted by molar-refractivity contribution is 5.80. The second-order valence-corrected chi connectivity index (χ2v) is 6.32. The van der Waals surface area contributed by atoms with Gasteiger partial charge in [-0.05, 0) is 37.6 Å². The average Bonchev–Trinajstić information content (AvgIpc) is 2.94. The van der Waals surface area contributed by atoms with Gasteiger partial charge >= 0.3 is 5.69 Å². The molecule has 0 spiro atoms. The molecule has 1 aliphatic rings. The zero-order chi connectivity index (χ0) is 19.4. The minimum Gasteiger partial charge on any atom is -0.496 e. The second kappa shape index (κ2) is 8.17. The van der Waals surface area contributed by atoms with E-state index in [2.05, 4.69) is 10.2 Å². The van der Waals surface area contributed by atoms with E-state index in [9.17, 15) is 10.1 Å². The Bertz CT molecular complexity index is 856. The smallest absolute Gasteiger partial charge is 0.312 e. The number of aromatic nitrogens is 2. The number of aryl methyl sites for hydroxylation is 1. The number of ether oxygens (including phenoxy) is 2. The number of methoxy groups -OCH3 is 1. The Morgan fingerprint density at radius 2 is 2.11 bits per heavy atom. The van der Waals surface area contributed by atoms with Crippen LogP contribution in [0.4, 0.5) is 5.69 Å². The van der Waals surface area contributed by atoms with Gasteiger partial charge in [-0.2, -0.15) is 10.2 Å². The van der Waals surface area contributed by atoms with Gasteiger partial charge in [0.1, 0.15) is 17.1 Å². The summed E-state index contributed by atoms with van der Waals surface area (Å²) in [5, 5.41) is 22.0. The molecule has 9 heteroatoms. The molecular formula is C18H23N5O4. The molecule has 1 saturated heterocycles. The van der Waals surface area contributed by atoms with Crippen LogP contribution in [0.25, 0.3) is 0 Å². The van der Waals surface area contributed by atoms with E-state index in [1.54, 1.807) is 31.9 Å². The number of benzene rings is 1. The molecule has 0 radical (unpaired) electrons. The molecule has 1 aromatic heterocycles. The van der Waals surface area contributed by atoms with Gasteiger partial charge in [0, 0.05) is 5.56 Å². The fourth-order valence-electron chi connectivity index (χ4n) is 3.09. The van der Waals surface area contributed by atoms with Crippen molar-refractivity contribution in [3.05, 3.63) is 50.8 Å². The first-order valence-electron chi connectivity index (χ1n) is 8.71. The van der Waals surface area contributed by atoms with Gasteiger partial charge < -0.3 is 9.47 Å². The highest BCUT2D eigenvalue weighted by Gasteiger charge is 2.22. The quantitative estimate of drug-likeness (QED) is 0.437. The molecule has 0 aliphatic carbocycles. The molecule has 0 saturated carbocycles. The number of morpholine rings is 1. The number of hydrazone groups is 1. The number of hydrogen-bond acceptors (Lipinski definition) is 7. The van der Waals surface area contributed by atoms with E-state index in [0.29, 0.717) is 36.9 Å². The molecular weight excluding hydrogens is 350 g/mol. The number of rotatable bonds is 6. The Labute approximate surface area is 157 Å². The van der Waals surface area contributed by atoms with Gasteiger partial charge in [0.15, 0.2) is 0 Å². The van der Waals surface area contributed by atoms with Crippen LogP contribution in [0.1, 0.15) is 22.5 Å². The summed E-state index contributed by atoms with van der Waals surface area (Å²) in [5.74, 6) is 0.703. The topological polar surface area (TPSA) is 95.0 Å². The predicted octanol–water partition coefficient (Wildman–Crippen LogP) is 2.13. The summed E-state index contributed by atoms with van der Waals surface area (Å²) in [4.78, 5) is 10.8. The fraction of sp³-hybridized carbons (Fsp3) is 0.444. The van der Waals surface area contributed by atoms with Gasteiger partial charge in [0.25, 0.3) is 0 Å². The first-order chi connectivity index (χ1) is 13.0. The van der Waals surface area contributed by atoms with E-state index < -0.39 is 4.92 Å². The van der Waals surface area contributed by atoms with Crippen LogP contribution in [-0.4, -0.2) is 59.3 Å². The standard InChI is InChI=1S/C18H23N5O4/c1-13-18(23(24)25)14(2)22(20-13)12-16-10-15(4-5-17(16)26-3)11-19-21-6-8-27-9-7-21/h4-5,10-11H,6-9,12H2,1-3H3/b19-11+. The fourth-order valence-corrected chi connectivity index (χ4v) is 3.09. The van der Waals surface area contributed by atoms with Crippen LogP contribution < -0.4 is 4.74 Å². The number of hydrogen-bond donors (Lipinski definition) is 0. The van der Waals surface area contributed by atoms with Crippen LogP contribution in [0.5, 0.6) is 5.75 Å². The van der Waals surface area contributed by atoms with Crippen LogP contribution in [0.2, 0.25) is 0 Å². The molecule has 3 rings (SSSR count). The van der Waals surface area contributed by atoms with Crippen molar-refractivity contribution in [3.8, 4) is 5.75 Å². The summed E-state index contributed by atoms with van der Waals surface area (Å²) in [7, 11) is 1.60. The molecule has 9 nitrogen and oxygen atoms in total. The van der Waals surface area contributed by atoms with E-state index in [-0.39, 0.29) is 5.69 Å². The van der Waals surface area contributed by atoms with Crippen molar-refractivity contribution in [1.82, 2.24) is 14.8 Å². The molecule has 27 heavy (non-hydrogen) atoms. The van der Waals surface area contributed by atoms with Crippen molar-refractivity contribution in [3.63, 3.8) is 0 Å². The van der Waals surface area contributed by atoms with E-state index >= 15 is 0 Å². The van der Waals surface area contributed by atoms with Gasteiger partial charge in [-0.1, -0.05) is 0 Å². The lowest BCUT2D eigenvalue weighted by molar-refractivity contribution is -0.386. The molecule has 0 atom stereocenters. The molecule has 2 heterocycles. The molecule has 0 N–H and O–H groups in total. The average molecular weight is 373 g/mol. The normalized spacial score (nSPS) is 14.7. The Morgan fingerprint density at radius 3 is 2.74 bits per heavy atom. The molecule has 2 aromatic rings. The molecule has 144 valence electrons.